The summed E-state index contributed by atoms with van der Waals surface area (Å²) in [6, 6.07) is 9.25. The quantitative estimate of drug-likeness (QED) is 0.628. The number of aryl methyl sites for hydroxylation is 2. The molecule has 0 spiro atoms. The zero-order valence-electron chi connectivity index (χ0n) is 12.0. The Bertz CT molecular complexity index is 662. The van der Waals surface area contributed by atoms with Gasteiger partial charge in [-0.3, -0.25) is 4.68 Å². The van der Waals surface area contributed by atoms with Crippen molar-refractivity contribution in [2.24, 2.45) is 0 Å². The molecule has 0 amide bonds. The molecule has 0 atom stereocenters. The molecule has 0 radical (unpaired) electrons. The largest absolute Gasteiger partial charge is 0.461 e. The second-order valence-corrected chi connectivity index (χ2v) is 5.14. The molecule has 1 heterocycles. The summed E-state index contributed by atoms with van der Waals surface area (Å²) in [7, 11) is 0. The molecule has 0 saturated heterocycles. The van der Waals surface area contributed by atoms with E-state index in [4.69, 9.17) is 16.3 Å². The van der Waals surface area contributed by atoms with E-state index < -0.39 is 0 Å². The Morgan fingerprint density at radius 1 is 1.38 bits per heavy atom. The lowest BCUT2D eigenvalue weighted by atomic mass is 10.2. The van der Waals surface area contributed by atoms with Crippen LogP contribution in [0.3, 0.4) is 0 Å². The van der Waals surface area contributed by atoms with Crippen LogP contribution in [0.4, 0.5) is 0 Å². The summed E-state index contributed by atoms with van der Waals surface area (Å²) in [5.74, 6) is -0.378. The van der Waals surface area contributed by atoms with Gasteiger partial charge in [0.05, 0.1) is 12.2 Å². The standard InChI is InChI=1S/C16H17ClN2O2/c1-12-10-13(2)19(18-12)8-9-21-16(20)7-6-14-4-3-5-15(17)11-14/h3-7,10-11H,8-9H2,1-2H3/b7-6-. The third-order valence-electron chi connectivity index (χ3n) is 2.91. The van der Waals surface area contributed by atoms with E-state index in [1.807, 2.05) is 36.7 Å². The van der Waals surface area contributed by atoms with E-state index in [0.29, 0.717) is 18.2 Å². The summed E-state index contributed by atoms with van der Waals surface area (Å²) in [6.07, 6.45) is 3.07. The Kier molecular flexibility index (Phi) is 5.17. The number of rotatable bonds is 5. The second-order valence-electron chi connectivity index (χ2n) is 4.71. The molecule has 2 rings (SSSR count). The zero-order chi connectivity index (χ0) is 15.2. The average Bonchev–Trinajstić information content (AvgIpc) is 2.75. The zero-order valence-corrected chi connectivity index (χ0v) is 12.8. The van der Waals surface area contributed by atoms with Gasteiger partial charge in [-0.05, 0) is 43.7 Å². The highest BCUT2D eigenvalue weighted by Gasteiger charge is 2.02. The molecular formula is C16H17ClN2O2. The maximum atomic E-state index is 11.6. The molecule has 0 aliphatic heterocycles. The summed E-state index contributed by atoms with van der Waals surface area (Å²) in [4.78, 5) is 11.6. The van der Waals surface area contributed by atoms with Gasteiger partial charge >= 0.3 is 5.97 Å². The number of nitrogens with zero attached hydrogens (tertiary/aromatic N) is 2. The maximum Gasteiger partial charge on any atom is 0.330 e. The molecule has 0 aliphatic rings. The van der Waals surface area contributed by atoms with E-state index in [9.17, 15) is 4.79 Å². The van der Waals surface area contributed by atoms with E-state index in [-0.39, 0.29) is 5.97 Å². The first-order valence-corrected chi connectivity index (χ1v) is 7.04. The molecule has 1 aromatic heterocycles. The Morgan fingerprint density at radius 3 is 2.86 bits per heavy atom. The van der Waals surface area contributed by atoms with Crippen molar-refractivity contribution in [3.05, 3.63) is 58.4 Å². The monoisotopic (exact) mass is 304 g/mol. The van der Waals surface area contributed by atoms with Crippen LogP contribution < -0.4 is 0 Å². The van der Waals surface area contributed by atoms with Gasteiger partial charge in [0.25, 0.3) is 0 Å². The fourth-order valence-corrected chi connectivity index (χ4v) is 2.16. The van der Waals surface area contributed by atoms with Crippen LogP contribution in [0.1, 0.15) is 17.0 Å². The number of carbonyl (C=O) groups excluding carboxylic acids is 1. The molecule has 21 heavy (non-hydrogen) atoms. The first-order chi connectivity index (χ1) is 10.0. The number of hydrogen-bond donors (Lipinski definition) is 0. The topological polar surface area (TPSA) is 44.1 Å². The van der Waals surface area contributed by atoms with E-state index in [1.165, 1.54) is 6.08 Å². The summed E-state index contributed by atoms with van der Waals surface area (Å²) < 4.78 is 6.97. The number of esters is 1. The van der Waals surface area contributed by atoms with Crippen molar-refractivity contribution in [1.29, 1.82) is 0 Å². The van der Waals surface area contributed by atoms with Crippen LogP contribution in [0.5, 0.6) is 0 Å². The van der Waals surface area contributed by atoms with Gasteiger partial charge < -0.3 is 4.74 Å². The fourth-order valence-electron chi connectivity index (χ4n) is 1.96. The highest BCUT2D eigenvalue weighted by molar-refractivity contribution is 6.30. The average molecular weight is 305 g/mol. The summed E-state index contributed by atoms with van der Waals surface area (Å²) in [5.41, 5.74) is 2.87. The van der Waals surface area contributed by atoms with Gasteiger partial charge in [-0.2, -0.15) is 5.10 Å². The number of halogens is 1. The van der Waals surface area contributed by atoms with Gasteiger partial charge in [0.2, 0.25) is 0 Å². The van der Waals surface area contributed by atoms with Crippen LogP contribution in [0, 0.1) is 13.8 Å². The molecule has 0 fully saturated rings. The Morgan fingerprint density at radius 2 is 2.19 bits per heavy atom. The minimum absolute atomic E-state index is 0.292. The SMILES string of the molecule is Cc1cc(C)n(CCOC(=O)/C=C\c2cccc(Cl)c2)n1. The van der Waals surface area contributed by atoms with Crippen molar-refractivity contribution < 1.29 is 9.53 Å². The molecule has 0 N–H and O–H groups in total. The smallest absolute Gasteiger partial charge is 0.330 e. The van der Waals surface area contributed by atoms with Crippen molar-refractivity contribution in [3.63, 3.8) is 0 Å². The molecule has 0 saturated carbocycles. The van der Waals surface area contributed by atoms with Gasteiger partial charge in [0.15, 0.2) is 0 Å². The molecule has 110 valence electrons. The molecule has 0 aliphatic carbocycles. The van der Waals surface area contributed by atoms with Crippen molar-refractivity contribution in [3.8, 4) is 0 Å². The molecule has 0 bridgehead atoms. The van der Waals surface area contributed by atoms with Crippen molar-refractivity contribution in [2.75, 3.05) is 6.61 Å². The van der Waals surface area contributed by atoms with Gasteiger partial charge in [-0.1, -0.05) is 23.7 Å². The minimum atomic E-state index is -0.378. The lowest BCUT2D eigenvalue weighted by Crippen LogP contribution is -2.11. The molecule has 4 nitrogen and oxygen atoms in total. The Hall–Kier alpha value is -2.07. The highest BCUT2D eigenvalue weighted by atomic mass is 35.5. The maximum absolute atomic E-state index is 11.6. The van der Waals surface area contributed by atoms with E-state index in [0.717, 1.165) is 17.0 Å². The first-order valence-electron chi connectivity index (χ1n) is 6.66. The van der Waals surface area contributed by atoms with Crippen LogP contribution in [-0.4, -0.2) is 22.4 Å². The normalized spacial score (nSPS) is 11.0. The molecule has 2 aromatic rings. The first kappa shape index (κ1) is 15.3. The molecule has 0 unspecified atom stereocenters. The Labute approximate surface area is 129 Å². The third kappa shape index (κ3) is 4.76. The van der Waals surface area contributed by atoms with Gasteiger partial charge in [-0.25, -0.2) is 4.79 Å². The lowest BCUT2D eigenvalue weighted by Gasteiger charge is -2.04. The van der Waals surface area contributed by atoms with Crippen LogP contribution in [0.2, 0.25) is 5.02 Å². The van der Waals surface area contributed by atoms with Crippen molar-refractivity contribution in [1.82, 2.24) is 9.78 Å². The van der Waals surface area contributed by atoms with Crippen LogP contribution in [0.25, 0.3) is 6.08 Å². The molecule has 5 heteroatoms. The fraction of sp³-hybridized carbons (Fsp3) is 0.250. The lowest BCUT2D eigenvalue weighted by molar-refractivity contribution is -0.138. The Balaban J connectivity index is 1.81. The van der Waals surface area contributed by atoms with E-state index >= 15 is 0 Å². The number of aromatic nitrogens is 2. The summed E-state index contributed by atoms with van der Waals surface area (Å²) >= 11 is 5.87. The molecular weight excluding hydrogens is 288 g/mol. The second kappa shape index (κ2) is 7.09. The van der Waals surface area contributed by atoms with Crippen molar-refractivity contribution >= 4 is 23.6 Å². The minimum Gasteiger partial charge on any atom is -0.461 e. The predicted octanol–water partition coefficient (Wildman–Crippen LogP) is 3.41. The number of hydrogen-bond acceptors (Lipinski definition) is 3. The van der Waals surface area contributed by atoms with Gasteiger partial charge in [0, 0.05) is 16.8 Å². The summed E-state index contributed by atoms with van der Waals surface area (Å²) in [6.45, 7) is 4.75. The van der Waals surface area contributed by atoms with Gasteiger partial charge in [-0.15, -0.1) is 0 Å². The van der Waals surface area contributed by atoms with Crippen LogP contribution in [0.15, 0.2) is 36.4 Å². The van der Waals surface area contributed by atoms with Crippen LogP contribution in [-0.2, 0) is 16.1 Å². The third-order valence-corrected chi connectivity index (χ3v) is 3.15. The number of ether oxygens (including phenoxy) is 1. The highest BCUT2D eigenvalue weighted by Crippen LogP contribution is 2.11. The summed E-state index contributed by atoms with van der Waals surface area (Å²) in [5, 5.41) is 4.94. The van der Waals surface area contributed by atoms with Gasteiger partial charge in [0.1, 0.15) is 6.61 Å². The number of carbonyl (C=O) groups is 1. The van der Waals surface area contributed by atoms with Crippen LogP contribution >= 0.6 is 11.6 Å². The van der Waals surface area contributed by atoms with E-state index in [1.54, 1.807) is 18.2 Å². The van der Waals surface area contributed by atoms with Crippen molar-refractivity contribution in [2.45, 2.75) is 20.4 Å². The van der Waals surface area contributed by atoms with E-state index in [2.05, 4.69) is 5.10 Å². The predicted molar refractivity (Wildman–Crippen MR) is 83.1 cm³/mol. The molecule has 1 aromatic carbocycles. The number of benzene rings is 1.